The quantitative estimate of drug-likeness (QED) is 0.747. The Labute approximate surface area is 128 Å². The molecule has 0 aliphatic carbocycles. The molecule has 2 aromatic rings. The van der Waals surface area contributed by atoms with E-state index in [1.165, 1.54) is 15.4 Å². The van der Waals surface area contributed by atoms with Gasteiger partial charge in [0.2, 0.25) is 0 Å². The van der Waals surface area contributed by atoms with Crippen LogP contribution in [0.5, 0.6) is 0 Å². The van der Waals surface area contributed by atoms with Gasteiger partial charge in [0.1, 0.15) is 0 Å². The highest BCUT2D eigenvalue weighted by molar-refractivity contribution is 8.02. The highest BCUT2D eigenvalue weighted by Crippen LogP contribution is 2.34. The van der Waals surface area contributed by atoms with E-state index in [1.54, 1.807) is 11.8 Å². The molecule has 20 heavy (non-hydrogen) atoms. The summed E-state index contributed by atoms with van der Waals surface area (Å²) in [7, 11) is 0. The molecule has 1 aliphatic heterocycles. The second-order valence-corrected chi connectivity index (χ2v) is 6.78. The number of ether oxygens (including phenoxy) is 1. The molecule has 1 unspecified atom stereocenters. The third-order valence-electron chi connectivity index (χ3n) is 3.06. The third kappa shape index (κ3) is 3.69. The molecule has 1 saturated heterocycles. The molecule has 1 fully saturated rings. The van der Waals surface area contributed by atoms with Crippen molar-refractivity contribution in [3.63, 3.8) is 0 Å². The summed E-state index contributed by atoms with van der Waals surface area (Å²) in [5.41, 5.74) is 1.38. The highest BCUT2D eigenvalue weighted by Gasteiger charge is 2.22. The second kappa shape index (κ2) is 7.02. The average molecular weight is 300 g/mol. The maximum atomic E-state index is 5.63. The first kappa shape index (κ1) is 13.8. The minimum Gasteiger partial charge on any atom is -0.376 e. The van der Waals surface area contributed by atoms with Gasteiger partial charge in [0.15, 0.2) is 0 Å². The lowest BCUT2D eigenvalue weighted by atomic mass is 10.3. The maximum Gasteiger partial charge on any atom is 0.0697 e. The number of rotatable bonds is 4. The molecule has 2 aromatic carbocycles. The summed E-state index contributed by atoms with van der Waals surface area (Å²) in [6, 6.07) is 21.0. The molecular formula is C17H16OS2. The van der Waals surface area contributed by atoms with Gasteiger partial charge in [0, 0.05) is 9.79 Å². The summed E-state index contributed by atoms with van der Waals surface area (Å²) in [4.78, 5) is 2.58. The van der Waals surface area contributed by atoms with Crippen LogP contribution in [0.25, 0.3) is 0 Å². The van der Waals surface area contributed by atoms with Crippen molar-refractivity contribution in [3.8, 4) is 0 Å². The van der Waals surface area contributed by atoms with E-state index in [0.717, 1.165) is 13.2 Å². The Hall–Kier alpha value is -1.16. The molecule has 0 aromatic heterocycles. The van der Waals surface area contributed by atoms with E-state index in [2.05, 4.69) is 60.0 Å². The molecule has 102 valence electrons. The monoisotopic (exact) mass is 300 g/mol. The maximum absolute atomic E-state index is 5.63. The van der Waals surface area contributed by atoms with Crippen LogP contribution in [0.4, 0.5) is 0 Å². The van der Waals surface area contributed by atoms with Crippen LogP contribution in [0.15, 0.2) is 81.4 Å². The fourth-order valence-electron chi connectivity index (χ4n) is 2.01. The largest absolute Gasteiger partial charge is 0.376 e. The zero-order valence-electron chi connectivity index (χ0n) is 11.1. The predicted molar refractivity (Wildman–Crippen MR) is 87.3 cm³/mol. The van der Waals surface area contributed by atoms with Gasteiger partial charge in [-0.3, -0.25) is 0 Å². The van der Waals surface area contributed by atoms with Crippen LogP contribution in [0.3, 0.4) is 0 Å². The lowest BCUT2D eigenvalue weighted by Crippen LogP contribution is -2.03. The average Bonchev–Trinajstić information content (AvgIpc) is 2.94. The van der Waals surface area contributed by atoms with E-state index in [4.69, 9.17) is 4.74 Å². The second-order valence-electron chi connectivity index (χ2n) is 4.56. The standard InChI is InChI=1S/C17H16OS2/c1-3-7-15(8-4-1)19-13-14-11-18-12-17(14)20-16-9-5-2-6-10-16/h1-10,13,17H,11-12H2/b14-13-. The van der Waals surface area contributed by atoms with Crippen LogP contribution < -0.4 is 0 Å². The molecule has 0 N–H and O–H groups in total. The van der Waals surface area contributed by atoms with Crippen molar-refractivity contribution in [3.05, 3.63) is 71.6 Å². The topological polar surface area (TPSA) is 9.23 Å². The number of hydrogen-bond donors (Lipinski definition) is 0. The first-order valence-corrected chi connectivity index (χ1v) is 8.38. The van der Waals surface area contributed by atoms with Crippen LogP contribution in [0.1, 0.15) is 0 Å². The van der Waals surface area contributed by atoms with E-state index in [1.807, 2.05) is 17.8 Å². The van der Waals surface area contributed by atoms with Gasteiger partial charge in [-0.05, 0) is 35.2 Å². The molecule has 1 heterocycles. The fraction of sp³-hybridized carbons (Fsp3) is 0.176. The van der Waals surface area contributed by atoms with Crippen molar-refractivity contribution in [2.75, 3.05) is 13.2 Å². The zero-order valence-corrected chi connectivity index (χ0v) is 12.7. The Kier molecular flexibility index (Phi) is 4.85. The summed E-state index contributed by atoms with van der Waals surface area (Å²) < 4.78 is 5.63. The van der Waals surface area contributed by atoms with Gasteiger partial charge in [0.05, 0.1) is 18.5 Å². The van der Waals surface area contributed by atoms with Crippen molar-refractivity contribution in [2.45, 2.75) is 15.0 Å². The summed E-state index contributed by atoms with van der Waals surface area (Å²) >= 11 is 3.66. The van der Waals surface area contributed by atoms with Gasteiger partial charge in [-0.1, -0.05) is 48.2 Å². The Bertz CT molecular complexity index is 566. The molecule has 0 amide bonds. The number of hydrogen-bond acceptors (Lipinski definition) is 3. The van der Waals surface area contributed by atoms with Crippen molar-refractivity contribution < 1.29 is 4.74 Å². The van der Waals surface area contributed by atoms with Gasteiger partial charge in [-0.15, -0.1) is 11.8 Å². The van der Waals surface area contributed by atoms with Crippen molar-refractivity contribution in [1.82, 2.24) is 0 Å². The molecular weight excluding hydrogens is 284 g/mol. The molecule has 3 heteroatoms. The highest BCUT2D eigenvalue weighted by atomic mass is 32.2. The number of benzene rings is 2. The Morgan fingerprint density at radius 1 is 0.900 bits per heavy atom. The normalized spacial score (nSPS) is 20.4. The van der Waals surface area contributed by atoms with Crippen molar-refractivity contribution in [1.29, 1.82) is 0 Å². The predicted octanol–water partition coefficient (Wildman–Crippen LogP) is 4.85. The summed E-state index contributed by atoms with van der Waals surface area (Å²) in [5.74, 6) is 0. The first-order valence-electron chi connectivity index (χ1n) is 6.62. The third-order valence-corrected chi connectivity index (χ3v) is 5.30. The van der Waals surface area contributed by atoms with Crippen molar-refractivity contribution >= 4 is 23.5 Å². The molecule has 3 rings (SSSR count). The van der Waals surface area contributed by atoms with Gasteiger partial charge >= 0.3 is 0 Å². The number of thioether (sulfide) groups is 2. The Morgan fingerprint density at radius 2 is 1.55 bits per heavy atom. The minimum atomic E-state index is 0.439. The summed E-state index contributed by atoms with van der Waals surface area (Å²) in [6.45, 7) is 1.56. The van der Waals surface area contributed by atoms with Crippen molar-refractivity contribution in [2.24, 2.45) is 0 Å². The van der Waals surface area contributed by atoms with Gasteiger partial charge in [0.25, 0.3) is 0 Å². The fourth-order valence-corrected chi connectivity index (χ4v) is 4.02. The van der Waals surface area contributed by atoms with Gasteiger partial charge in [-0.2, -0.15) is 0 Å². The summed E-state index contributed by atoms with van der Waals surface area (Å²) in [6.07, 6.45) is 0. The van der Waals surface area contributed by atoms with E-state index < -0.39 is 0 Å². The van der Waals surface area contributed by atoms with E-state index >= 15 is 0 Å². The van der Waals surface area contributed by atoms with Crippen LogP contribution in [-0.4, -0.2) is 18.5 Å². The van der Waals surface area contributed by atoms with Crippen LogP contribution >= 0.6 is 23.5 Å². The zero-order chi connectivity index (χ0) is 13.6. The molecule has 1 aliphatic rings. The Balaban J connectivity index is 1.66. The minimum absolute atomic E-state index is 0.439. The van der Waals surface area contributed by atoms with E-state index in [0.29, 0.717) is 5.25 Å². The van der Waals surface area contributed by atoms with E-state index in [9.17, 15) is 0 Å². The smallest absolute Gasteiger partial charge is 0.0697 e. The first-order chi connectivity index (χ1) is 9.92. The lowest BCUT2D eigenvalue weighted by Gasteiger charge is -2.09. The van der Waals surface area contributed by atoms with Crippen LogP contribution in [0, 0.1) is 0 Å². The molecule has 0 spiro atoms. The molecule has 1 atom stereocenters. The molecule has 0 saturated carbocycles. The molecule has 0 radical (unpaired) electrons. The van der Waals surface area contributed by atoms with Crippen LogP contribution in [0.2, 0.25) is 0 Å². The Morgan fingerprint density at radius 3 is 2.25 bits per heavy atom. The van der Waals surface area contributed by atoms with E-state index in [-0.39, 0.29) is 0 Å². The SMILES string of the molecule is C(/Sc1ccccc1)=C1\COCC1Sc1ccccc1. The van der Waals surface area contributed by atoms with Gasteiger partial charge in [-0.25, -0.2) is 0 Å². The summed E-state index contributed by atoms with van der Waals surface area (Å²) in [5, 5.41) is 2.69. The molecule has 1 nitrogen and oxygen atoms in total. The lowest BCUT2D eigenvalue weighted by molar-refractivity contribution is 0.206. The molecule has 0 bridgehead atoms. The van der Waals surface area contributed by atoms with Crippen LogP contribution in [-0.2, 0) is 4.74 Å². The van der Waals surface area contributed by atoms with Gasteiger partial charge < -0.3 is 4.74 Å².